The van der Waals surface area contributed by atoms with E-state index in [1.54, 1.807) is 22.0 Å². The average Bonchev–Trinajstić information content (AvgIpc) is 2.67. The molecule has 0 atom stereocenters. The summed E-state index contributed by atoms with van der Waals surface area (Å²) in [4.78, 5) is 13.5. The molecule has 0 aliphatic heterocycles. The summed E-state index contributed by atoms with van der Waals surface area (Å²) in [5.74, 6) is 0.0895. The number of carbonyl (C=O) groups excluding carboxylic acids is 1. The van der Waals surface area contributed by atoms with Crippen LogP contribution >= 0.6 is 0 Å². The smallest absolute Gasteiger partial charge is 0.244 e. The molecule has 0 bridgehead atoms. The van der Waals surface area contributed by atoms with E-state index >= 15 is 0 Å². The highest BCUT2D eigenvalue weighted by Gasteiger charge is 2.10. The topological polar surface area (TPSA) is 64.2 Å². The zero-order chi connectivity index (χ0) is 11.3. The van der Waals surface area contributed by atoms with Crippen molar-refractivity contribution in [2.75, 3.05) is 13.1 Å². The van der Waals surface area contributed by atoms with Gasteiger partial charge in [-0.25, -0.2) is 0 Å². The summed E-state index contributed by atoms with van der Waals surface area (Å²) < 4.78 is 1.63. The van der Waals surface area contributed by atoms with Gasteiger partial charge in [0.15, 0.2) is 0 Å². The molecule has 1 aromatic heterocycles. The number of carbonyl (C=O) groups is 1. The Bertz CT molecular complexity index is 317. The van der Waals surface area contributed by atoms with E-state index in [1.165, 1.54) is 0 Å². The fourth-order valence-electron chi connectivity index (χ4n) is 1.41. The van der Waals surface area contributed by atoms with E-state index in [-0.39, 0.29) is 5.91 Å². The van der Waals surface area contributed by atoms with Crippen molar-refractivity contribution in [2.24, 2.45) is 5.73 Å². The molecule has 0 aromatic carbocycles. The molecule has 5 nitrogen and oxygen atoms in total. The van der Waals surface area contributed by atoms with Gasteiger partial charge in [0.05, 0.1) is 6.20 Å². The number of nitrogens with zero attached hydrogens (tertiary/aromatic N) is 3. The first-order valence-corrected chi connectivity index (χ1v) is 5.20. The predicted molar refractivity (Wildman–Crippen MR) is 58.0 cm³/mol. The van der Waals surface area contributed by atoms with E-state index < -0.39 is 0 Å². The van der Waals surface area contributed by atoms with Crippen LogP contribution in [0.3, 0.4) is 0 Å². The summed E-state index contributed by atoms with van der Waals surface area (Å²) in [6.45, 7) is 6.16. The molecule has 84 valence electrons. The molecule has 0 saturated heterocycles. The molecule has 1 aromatic rings. The molecule has 5 heteroatoms. The van der Waals surface area contributed by atoms with Crippen molar-refractivity contribution < 1.29 is 4.79 Å². The standard InChI is InChI=1S/C10H18N4O/c1-3-13(4-2)10(15)8-14-7-9(5-11)6-12-14/h6-7H,3-5,8,11H2,1-2H3. The Labute approximate surface area is 89.9 Å². The molecule has 0 fully saturated rings. The van der Waals surface area contributed by atoms with Crippen molar-refractivity contribution in [3.63, 3.8) is 0 Å². The second kappa shape index (κ2) is 5.50. The summed E-state index contributed by atoms with van der Waals surface area (Å²) in [5.41, 5.74) is 6.40. The number of hydrogen-bond donors (Lipinski definition) is 1. The van der Waals surface area contributed by atoms with Crippen LogP contribution in [0.15, 0.2) is 12.4 Å². The molecule has 1 amide bonds. The molecule has 1 heterocycles. The van der Waals surface area contributed by atoms with Gasteiger partial charge < -0.3 is 10.6 Å². The number of amides is 1. The number of likely N-dealkylation sites (N-methyl/N-ethyl adjacent to an activating group) is 1. The summed E-state index contributed by atoms with van der Waals surface area (Å²) >= 11 is 0. The van der Waals surface area contributed by atoms with Gasteiger partial charge >= 0.3 is 0 Å². The molecule has 1 rings (SSSR count). The van der Waals surface area contributed by atoms with Crippen molar-refractivity contribution in [3.05, 3.63) is 18.0 Å². The van der Waals surface area contributed by atoms with Crippen molar-refractivity contribution in [1.82, 2.24) is 14.7 Å². The van der Waals surface area contributed by atoms with Crippen molar-refractivity contribution >= 4 is 5.91 Å². The largest absolute Gasteiger partial charge is 0.342 e. The first kappa shape index (κ1) is 11.7. The van der Waals surface area contributed by atoms with Gasteiger partial charge in [-0.1, -0.05) is 0 Å². The zero-order valence-corrected chi connectivity index (χ0v) is 9.31. The van der Waals surface area contributed by atoms with Crippen LogP contribution in [0.5, 0.6) is 0 Å². The van der Waals surface area contributed by atoms with Gasteiger partial charge in [0, 0.05) is 31.4 Å². The van der Waals surface area contributed by atoms with Gasteiger partial charge in [0.2, 0.25) is 5.91 Å². The van der Waals surface area contributed by atoms with Crippen LogP contribution in [0.25, 0.3) is 0 Å². The first-order valence-electron chi connectivity index (χ1n) is 5.20. The average molecular weight is 210 g/mol. The minimum atomic E-state index is 0.0895. The van der Waals surface area contributed by atoms with Crippen LogP contribution < -0.4 is 5.73 Å². The fourth-order valence-corrected chi connectivity index (χ4v) is 1.41. The zero-order valence-electron chi connectivity index (χ0n) is 9.31. The van der Waals surface area contributed by atoms with Crippen LogP contribution in [0, 0.1) is 0 Å². The number of nitrogens with two attached hydrogens (primary N) is 1. The lowest BCUT2D eigenvalue weighted by Crippen LogP contribution is -2.33. The molecule has 0 radical (unpaired) electrons. The lowest BCUT2D eigenvalue weighted by molar-refractivity contribution is -0.131. The summed E-state index contributed by atoms with van der Waals surface area (Å²) in [5, 5.41) is 4.07. The second-order valence-corrected chi connectivity index (χ2v) is 3.32. The quantitative estimate of drug-likeness (QED) is 0.755. The van der Waals surface area contributed by atoms with E-state index in [0.717, 1.165) is 18.7 Å². The molecule has 0 saturated carbocycles. The molecular formula is C10H18N4O. The Morgan fingerprint density at radius 3 is 2.67 bits per heavy atom. The van der Waals surface area contributed by atoms with Crippen LogP contribution in [0.4, 0.5) is 0 Å². The van der Waals surface area contributed by atoms with E-state index in [0.29, 0.717) is 13.1 Å². The molecule has 0 aliphatic carbocycles. The molecule has 15 heavy (non-hydrogen) atoms. The number of aromatic nitrogens is 2. The second-order valence-electron chi connectivity index (χ2n) is 3.32. The van der Waals surface area contributed by atoms with Gasteiger partial charge in [-0.2, -0.15) is 5.10 Å². The number of hydrogen-bond acceptors (Lipinski definition) is 3. The van der Waals surface area contributed by atoms with Crippen LogP contribution in [0.2, 0.25) is 0 Å². The third-order valence-corrected chi connectivity index (χ3v) is 2.34. The maximum atomic E-state index is 11.7. The van der Waals surface area contributed by atoms with Crippen LogP contribution in [-0.4, -0.2) is 33.7 Å². The summed E-state index contributed by atoms with van der Waals surface area (Å²) in [6, 6.07) is 0. The first-order chi connectivity index (χ1) is 7.21. The Kier molecular flexibility index (Phi) is 4.30. The fraction of sp³-hybridized carbons (Fsp3) is 0.600. The van der Waals surface area contributed by atoms with Gasteiger partial charge in [-0.3, -0.25) is 9.48 Å². The Hall–Kier alpha value is -1.36. The maximum absolute atomic E-state index is 11.7. The highest BCUT2D eigenvalue weighted by molar-refractivity contribution is 5.75. The van der Waals surface area contributed by atoms with Gasteiger partial charge in [-0.05, 0) is 13.8 Å². The van der Waals surface area contributed by atoms with Crippen molar-refractivity contribution in [3.8, 4) is 0 Å². The van der Waals surface area contributed by atoms with E-state index in [4.69, 9.17) is 5.73 Å². The molecule has 0 unspecified atom stereocenters. The van der Waals surface area contributed by atoms with E-state index in [2.05, 4.69) is 5.10 Å². The molecule has 2 N–H and O–H groups in total. The summed E-state index contributed by atoms with van der Waals surface area (Å²) in [7, 11) is 0. The molecule has 0 spiro atoms. The van der Waals surface area contributed by atoms with Crippen LogP contribution in [-0.2, 0) is 17.9 Å². The highest BCUT2D eigenvalue weighted by atomic mass is 16.2. The highest BCUT2D eigenvalue weighted by Crippen LogP contribution is 1.98. The van der Waals surface area contributed by atoms with Crippen LogP contribution in [0.1, 0.15) is 19.4 Å². The number of rotatable bonds is 5. The minimum Gasteiger partial charge on any atom is -0.342 e. The van der Waals surface area contributed by atoms with E-state index in [1.807, 2.05) is 13.8 Å². The maximum Gasteiger partial charge on any atom is 0.244 e. The van der Waals surface area contributed by atoms with Gasteiger partial charge in [0.1, 0.15) is 6.54 Å². The third kappa shape index (κ3) is 3.06. The molecule has 0 aliphatic rings. The Morgan fingerprint density at radius 1 is 1.53 bits per heavy atom. The lowest BCUT2D eigenvalue weighted by Gasteiger charge is -2.18. The van der Waals surface area contributed by atoms with E-state index in [9.17, 15) is 4.79 Å². The van der Waals surface area contributed by atoms with Crippen molar-refractivity contribution in [1.29, 1.82) is 0 Å². The van der Waals surface area contributed by atoms with Gasteiger partial charge in [0.25, 0.3) is 0 Å². The van der Waals surface area contributed by atoms with Crippen molar-refractivity contribution in [2.45, 2.75) is 26.9 Å². The van der Waals surface area contributed by atoms with Gasteiger partial charge in [-0.15, -0.1) is 0 Å². The minimum absolute atomic E-state index is 0.0895. The monoisotopic (exact) mass is 210 g/mol. The predicted octanol–water partition coefficient (Wildman–Crippen LogP) is 0.210. The SMILES string of the molecule is CCN(CC)C(=O)Cn1cc(CN)cn1. The third-order valence-electron chi connectivity index (χ3n) is 2.34. The normalized spacial score (nSPS) is 10.3. The molecular weight excluding hydrogens is 192 g/mol. The summed E-state index contributed by atoms with van der Waals surface area (Å²) in [6.07, 6.45) is 3.50. The Morgan fingerprint density at radius 2 is 2.20 bits per heavy atom. The lowest BCUT2D eigenvalue weighted by atomic mass is 10.4. The Balaban J connectivity index is 2.57.